The maximum atomic E-state index is 12.3. The number of rotatable bonds is 6. The molecule has 5 heteroatoms. The van der Waals surface area contributed by atoms with Crippen molar-refractivity contribution in [3.63, 3.8) is 0 Å². The molecule has 1 N–H and O–H groups in total. The van der Waals surface area contributed by atoms with Crippen LogP contribution in [0.2, 0.25) is 5.02 Å². The molecule has 4 rings (SSSR count). The number of likely N-dealkylation sites (tertiary alicyclic amines) is 1. The largest absolute Gasteiger partial charge is 0.354 e. The Hall–Kier alpha value is -2.04. The van der Waals surface area contributed by atoms with Crippen molar-refractivity contribution in [3.05, 3.63) is 56.5 Å². The van der Waals surface area contributed by atoms with Crippen LogP contribution in [-0.4, -0.2) is 34.1 Å². The summed E-state index contributed by atoms with van der Waals surface area (Å²) in [7, 11) is 1.76. The maximum Gasteiger partial charge on any atom is 0.269 e. The third-order valence-electron chi connectivity index (χ3n) is 7.36. The number of hydrogen-bond acceptors (Lipinski definition) is 2. The third kappa shape index (κ3) is 4.79. The molecule has 0 radical (unpaired) electrons. The summed E-state index contributed by atoms with van der Waals surface area (Å²) < 4.78 is 1.58. The average Bonchev–Trinajstić information content (AvgIpc) is 3.17. The van der Waals surface area contributed by atoms with Gasteiger partial charge in [0, 0.05) is 29.7 Å². The first-order valence-electron chi connectivity index (χ1n) is 12.4. The van der Waals surface area contributed by atoms with Crippen LogP contribution in [0.15, 0.2) is 29.2 Å². The lowest BCUT2D eigenvalue weighted by Gasteiger charge is -2.32. The number of H-pyrrole nitrogens is 1. The van der Waals surface area contributed by atoms with Crippen LogP contribution in [0, 0.1) is 12.8 Å². The van der Waals surface area contributed by atoms with E-state index in [4.69, 9.17) is 11.6 Å². The predicted octanol–water partition coefficient (Wildman–Crippen LogP) is 6.84. The van der Waals surface area contributed by atoms with Gasteiger partial charge >= 0.3 is 0 Å². The molecule has 0 bridgehead atoms. The van der Waals surface area contributed by atoms with E-state index < -0.39 is 0 Å². The van der Waals surface area contributed by atoms with Gasteiger partial charge in [0.1, 0.15) is 5.02 Å². The zero-order chi connectivity index (χ0) is 23.9. The van der Waals surface area contributed by atoms with E-state index in [2.05, 4.69) is 55.8 Å². The molecule has 1 aliphatic rings. The van der Waals surface area contributed by atoms with Crippen LogP contribution in [0.1, 0.15) is 75.5 Å². The molecule has 3 heterocycles. The summed E-state index contributed by atoms with van der Waals surface area (Å²) in [5.74, 6) is 1.74. The van der Waals surface area contributed by atoms with Gasteiger partial charge in [-0.3, -0.25) is 4.79 Å². The summed E-state index contributed by atoms with van der Waals surface area (Å²) >= 11 is 6.40. The Morgan fingerprint density at radius 3 is 2.48 bits per heavy atom. The van der Waals surface area contributed by atoms with Crippen LogP contribution in [0.5, 0.6) is 0 Å². The molecule has 0 spiro atoms. The van der Waals surface area contributed by atoms with Crippen molar-refractivity contribution in [1.82, 2.24) is 14.5 Å². The molecule has 0 atom stereocenters. The quantitative estimate of drug-likeness (QED) is 0.431. The minimum Gasteiger partial charge on any atom is -0.354 e. The van der Waals surface area contributed by atoms with Crippen molar-refractivity contribution in [1.29, 1.82) is 0 Å². The summed E-state index contributed by atoms with van der Waals surface area (Å²) in [6.45, 7) is 14.7. The topological polar surface area (TPSA) is 41.0 Å². The number of piperidine rings is 1. The number of hydrogen-bond donors (Lipinski definition) is 1. The van der Waals surface area contributed by atoms with E-state index in [1.165, 1.54) is 55.4 Å². The summed E-state index contributed by atoms with van der Waals surface area (Å²) in [5.41, 5.74) is 6.67. The summed E-state index contributed by atoms with van der Waals surface area (Å²) in [4.78, 5) is 18.6. The fourth-order valence-corrected chi connectivity index (χ4v) is 5.50. The fraction of sp³-hybridized carbons (Fsp3) is 0.536. The van der Waals surface area contributed by atoms with E-state index in [1.807, 2.05) is 13.1 Å². The fourth-order valence-electron chi connectivity index (χ4n) is 5.26. The van der Waals surface area contributed by atoms with Gasteiger partial charge in [-0.05, 0) is 92.4 Å². The van der Waals surface area contributed by atoms with Crippen molar-refractivity contribution in [2.45, 2.75) is 65.7 Å². The van der Waals surface area contributed by atoms with E-state index in [-0.39, 0.29) is 5.56 Å². The van der Waals surface area contributed by atoms with Crippen LogP contribution >= 0.6 is 11.6 Å². The van der Waals surface area contributed by atoms with Crippen LogP contribution in [0.25, 0.3) is 22.2 Å². The van der Waals surface area contributed by atoms with E-state index >= 15 is 0 Å². The first-order chi connectivity index (χ1) is 15.7. The Balaban J connectivity index is 1.69. The number of halogens is 1. The Morgan fingerprint density at radius 2 is 1.85 bits per heavy atom. The second-order valence-corrected chi connectivity index (χ2v) is 10.9. The third-order valence-corrected chi connectivity index (χ3v) is 7.80. The molecule has 0 saturated carbocycles. The highest BCUT2D eigenvalue weighted by Gasteiger charge is 2.24. The molecule has 4 nitrogen and oxygen atoms in total. The van der Waals surface area contributed by atoms with Gasteiger partial charge in [-0.1, -0.05) is 45.4 Å². The SMILES string of the molecule is Cc1c(-c2[nH]c3ccc(C4CCN(CCC(C)C)CC4)cc3c2C(C)C)cn(C)c(=O)c1Cl. The second-order valence-electron chi connectivity index (χ2n) is 10.6. The highest BCUT2D eigenvalue weighted by molar-refractivity contribution is 6.31. The number of nitrogens with one attached hydrogen (secondary N) is 1. The highest BCUT2D eigenvalue weighted by atomic mass is 35.5. The van der Waals surface area contributed by atoms with E-state index in [9.17, 15) is 4.79 Å². The number of nitrogens with zero attached hydrogens (tertiary/aromatic N) is 2. The van der Waals surface area contributed by atoms with Crippen LogP contribution < -0.4 is 5.56 Å². The van der Waals surface area contributed by atoms with E-state index in [1.54, 1.807) is 11.6 Å². The van der Waals surface area contributed by atoms with Gasteiger partial charge in [-0.15, -0.1) is 0 Å². The number of aryl methyl sites for hydroxylation is 1. The summed E-state index contributed by atoms with van der Waals surface area (Å²) in [6.07, 6.45) is 5.66. The molecule has 0 unspecified atom stereocenters. The maximum absolute atomic E-state index is 12.3. The van der Waals surface area contributed by atoms with Crippen molar-refractivity contribution in [2.24, 2.45) is 13.0 Å². The van der Waals surface area contributed by atoms with Gasteiger partial charge in [-0.25, -0.2) is 0 Å². The molecule has 1 aromatic carbocycles. The van der Waals surface area contributed by atoms with E-state index in [0.29, 0.717) is 16.9 Å². The lowest BCUT2D eigenvalue weighted by molar-refractivity contribution is 0.202. The standard InChI is InChI=1S/C28H38ClN3O/c1-17(2)9-12-32-13-10-20(11-14-32)21-7-8-24-22(15-21)25(18(3)4)27(30-24)23-16-31(6)28(33)26(29)19(23)5/h7-8,15-18,20,30H,9-14H2,1-6H3. The van der Waals surface area contributed by atoms with Crippen molar-refractivity contribution >= 4 is 22.5 Å². The lowest BCUT2D eigenvalue weighted by atomic mass is 9.87. The van der Waals surface area contributed by atoms with Crippen LogP contribution in [0.4, 0.5) is 0 Å². The molecule has 0 amide bonds. The minimum atomic E-state index is -0.151. The normalized spacial score (nSPS) is 15.9. The van der Waals surface area contributed by atoms with Crippen molar-refractivity contribution in [2.75, 3.05) is 19.6 Å². The number of aromatic amines is 1. The molecule has 1 aliphatic heterocycles. The smallest absolute Gasteiger partial charge is 0.269 e. The second kappa shape index (κ2) is 9.68. The average molecular weight is 468 g/mol. The molecule has 33 heavy (non-hydrogen) atoms. The van der Waals surface area contributed by atoms with Crippen molar-refractivity contribution < 1.29 is 0 Å². The summed E-state index contributed by atoms with van der Waals surface area (Å²) in [5, 5.41) is 1.59. The Morgan fingerprint density at radius 1 is 1.15 bits per heavy atom. The van der Waals surface area contributed by atoms with Crippen molar-refractivity contribution in [3.8, 4) is 11.3 Å². The molecule has 1 fully saturated rings. The van der Waals surface area contributed by atoms with Gasteiger partial charge < -0.3 is 14.5 Å². The van der Waals surface area contributed by atoms with Crippen LogP contribution in [0.3, 0.4) is 0 Å². The number of pyridine rings is 1. The first kappa shape index (κ1) is 24.1. The molecule has 1 saturated heterocycles. The van der Waals surface area contributed by atoms with Gasteiger partial charge in [0.2, 0.25) is 0 Å². The van der Waals surface area contributed by atoms with Gasteiger partial charge in [0.05, 0.1) is 5.69 Å². The molecule has 178 valence electrons. The molecular weight excluding hydrogens is 430 g/mol. The van der Waals surface area contributed by atoms with E-state index in [0.717, 1.165) is 28.3 Å². The van der Waals surface area contributed by atoms with Gasteiger partial charge in [-0.2, -0.15) is 0 Å². The Labute approximate surface area is 203 Å². The molecule has 0 aliphatic carbocycles. The minimum absolute atomic E-state index is 0.151. The molecular formula is C28H38ClN3O. The number of aromatic nitrogens is 2. The summed E-state index contributed by atoms with van der Waals surface area (Å²) in [6, 6.07) is 6.96. The van der Waals surface area contributed by atoms with Gasteiger partial charge in [0.15, 0.2) is 0 Å². The lowest BCUT2D eigenvalue weighted by Crippen LogP contribution is -2.34. The molecule has 2 aromatic heterocycles. The van der Waals surface area contributed by atoms with Crippen LogP contribution in [-0.2, 0) is 7.05 Å². The zero-order valence-electron chi connectivity index (χ0n) is 21.0. The Kier molecular flexibility index (Phi) is 7.07. The van der Waals surface area contributed by atoms with Gasteiger partial charge in [0.25, 0.3) is 5.56 Å². The Bertz CT molecular complexity index is 1200. The number of benzene rings is 1. The number of fused-ring (bicyclic) bond motifs is 1. The monoisotopic (exact) mass is 467 g/mol. The predicted molar refractivity (Wildman–Crippen MR) is 141 cm³/mol. The zero-order valence-corrected chi connectivity index (χ0v) is 21.7. The molecule has 3 aromatic rings. The first-order valence-corrected chi connectivity index (χ1v) is 12.8. The highest BCUT2D eigenvalue weighted by Crippen LogP contribution is 2.39.